The number of piperidine rings is 1. The van der Waals surface area contributed by atoms with Crippen molar-refractivity contribution in [2.75, 3.05) is 19.6 Å². The zero-order valence-corrected chi connectivity index (χ0v) is 12.1. The maximum absolute atomic E-state index is 12.1. The highest BCUT2D eigenvalue weighted by molar-refractivity contribution is 5.29. The number of hydrogen-bond donors (Lipinski definition) is 1. The van der Waals surface area contributed by atoms with Gasteiger partial charge in [-0.25, -0.2) is 0 Å². The van der Waals surface area contributed by atoms with Gasteiger partial charge in [-0.2, -0.15) is 0 Å². The molecule has 1 unspecified atom stereocenters. The zero-order valence-electron chi connectivity index (χ0n) is 12.1. The quantitative estimate of drug-likeness (QED) is 0.927. The van der Waals surface area contributed by atoms with Crippen molar-refractivity contribution in [1.82, 2.24) is 4.90 Å². The summed E-state index contributed by atoms with van der Waals surface area (Å²) in [5.74, 6) is 0.525. The largest absolute Gasteiger partial charge is 0.573 e. The van der Waals surface area contributed by atoms with E-state index < -0.39 is 6.36 Å². The standard InChI is InChI=1S/C15H21F3N2O/c1-11-6-8-20(9-7-11)14(10-19)12-2-4-13(5-3-12)21-15(16,17)18/h2-5,11,14H,6-10,19H2,1H3. The molecule has 1 aromatic carbocycles. The predicted octanol–water partition coefficient (Wildman–Crippen LogP) is 3.32. The van der Waals surface area contributed by atoms with Crippen LogP contribution in [0.2, 0.25) is 0 Å². The van der Waals surface area contributed by atoms with E-state index in [0.29, 0.717) is 6.54 Å². The highest BCUT2D eigenvalue weighted by Gasteiger charge is 2.31. The number of halogens is 3. The number of rotatable bonds is 4. The molecule has 1 aliphatic rings. The Balaban J connectivity index is 2.05. The van der Waals surface area contributed by atoms with Gasteiger partial charge in [0.1, 0.15) is 5.75 Å². The number of alkyl halides is 3. The number of nitrogens with zero attached hydrogens (tertiary/aromatic N) is 1. The first-order valence-corrected chi connectivity index (χ1v) is 7.19. The zero-order chi connectivity index (χ0) is 15.5. The van der Waals surface area contributed by atoms with Crippen LogP contribution in [0.3, 0.4) is 0 Å². The molecule has 0 bridgehead atoms. The van der Waals surface area contributed by atoms with Crippen LogP contribution in [0.15, 0.2) is 24.3 Å². The van der Waals surface area contributed by atoms with E-state index in [1.54, 1.807) is 12.1 Å². The van der Waals surface area contributed by atoms with Crippen LogP contribution in [0.1, 0.15) is 31.4 Å². The number of likely N-dealkylation sites (tertiary alicyclic amines) is 1. The van der Waals surface area contributed by atoms with E-state index in [9.17, 15) is 13.2 Å². The highest BCUT2D eigenvalue weighted by atomic mass is 19.4. The second-order valence-corrected chi connectivity index (χ2v) is 5.59. The molecule has 6 heteroatoms. The van der Waals surface area contributed by atoms with Gasteiger partial charge in [0.25, 0.3) is 0 Å². The molecule has 118 valence electrons. The van der Waals surface area contributed by atoms with Gasteiger partial charge >= 0.3 is 6.36 Å². The summed E-state index contributed by atoms with van der Waals surface area (Å²) in [5, 5.41) is 0. The third-order valence-electron chi connectivity index (χ3n) is 3.98. The number of hydrogen-bond acceptors (Lipinski definition) is 3. The molecule has 1 aromatic rings. The monoisotopic (exact) mass is 302 g/mol. The molecule has 1 atom stereocenters. The molecule has 21 heavy (non-hydrogen) atoms. The van der Waals surface area contributed by atoms with Crippen LogP contribution in [-0.2, 0) is 0 Å². The number of nitrogens with two attached hydrogens (primary N) is 1. The van der Waals surface area contributed by atoms with Gasteiger partial charge in [0, 0.05) is 12.6 Å². The normalized spacial score (nSPS) is 19.5. The van der Waals surface area contributed by atoms with Gasteiger partial charge in [0.05, 0.1) is 0 Å². The van der Waals surface area contributed by atoms with Crippen molar-refractivity contribution in [2.24, 2.45) is 11.7 Å². The molecule has 0 saturated carbocycles. The molecule has 0 spiro atoms. The molecule has 2 N–H and O–H groups in total. The van der Waals surface area contributed by atoms with E-state index >= 15 is 0 Å². The maximum atomic E-state index is 12.1. The minimum atomic E-state index is -4.65. The summed E-state index contributed by atoms with van der Waals surface area (Å²) >= 11 is 0. The van der Waals surface area contributed by atoms with Crippen LogP contribution in [0.25, 0.3) is 0 Å². The Labute approximate surface area is 122 Å². The molecule has 1 aliphatic heterocycles. The van der Waals surface area contributed by atoms with Gasteiger partial charge in [-0.3, -0.25) is 4.90 Å². The van der Waals surface area contributed by atoms with Crippen LogP contribution in [0.4, 0.5) is 13.2 Å². The summed E-state index contributed by atoms with van der Waals surface area (Å²) in [7, 11) is 0. The topological polar surface area (TPSA) is 38.5 Å². The fraction of sp³-hybridized carbons (Fsp3) is 0.600. The van der Waals surface area contributed by atoms with Crippen molar-refractivity contribution in [3.05, 3.63) is 29.8 Å². The van der Waals surface area contributed by atoms with E-state index in [4.69, 9.17) is 5.73 Å². The van der Waals surface area contributed by atoms with Gasteiger partial charge < -0.3 is 10.5 Å². The van der Waals surface area contributed by atoms with E-state index in [-0.39, 0.29) is 11.8 Å². The Morgan fingerprint density at radius 2 is 1.81 bits per heavy atom. The Bertz CT molecular complexity index is 439. The Morgan fingerprint density at radius 1 is 1.24 bits per heavy atom. The summed E-state index contributed by atoms with van der Waals surface area (Å²) in [4.78, 5) is 2.31. The van der Waals surface area contributed by atoms with Crippen LogP contribution < -0.4 is 10.5 Å². The van der Waals surface area contributed by atoms with Crippen LogP contribution in [0, 0.1) is 5.92 Å². The minimum Gasteiger partial charge on any atom is -0.406 e. The lowest BCUT2D eigenvalue weighted by molar-refractivity contribution is -0.274. The first kappa shape index (κ1) is 16.1. The minimum absolute atomic E-state index is 0.0532. The molecule has 3 nitrogen and oxygen atoms in total. The van der Waals surface area contributed by atoms with Crippen molar-refractivity contribution in [2.45, 2.75) is 32.2 Å². The van der Waals surface area contributed by atoms with Crippen molar-refractivity contribution >= 4 is 0 Å². The van der Waals surface area contributed by atoms with Crippen molar-refractivity contribution < 1.29 is 17.9 Å². The van der Waals surface area contributed by atoms with Gasteiger partial charge in [0.15, 0.2) is 0 Å². The molecular weight excluding hydrogens is 281 g/mol. The third-order valence-corrected chi connectivity index (χ3v) is 3.98. The molecule has 0 aliphatic carbocycles. The first-order valence-electron chi connectivity index (χ1n) is 7.19. The van der Waals surface area contributed by atoms with Crippen LogP contribution in [0.5, 0.6) is 5.75 Å². The molecule has 0 radical (unpaired) electrons. The molecule has 0 amide bonds. The lowest BCUT2D eigenvalue weighted by Crippen LogP contribution is -2.39. The Kier molecular flexibility index (Phi) is 5.11. The van der Waals surface area contributed by atoms with Crippen molar-refractivity contribution in [3.63, 3.8) is 0 Å². The van der Waals surface area contributed by atoms with E-state index in [2.05, 4.69) is 16.6 Å². The molecule has 2 rings (SSSR count). The second kappa shape index (κ2) is 6.66. The highest BCUT2D eigenvalue weighted by Crippen LogP contribution is 2.28. The van der Waals surface area contributed by atoms with E-state index in [1.807, 2.05) is 0 Å². The first-order chi connectivity index (χ1) is 9.89. The number of ether oxygens (including phenoxy) is 1. The average molecular weight is 302 g/mol. The van der Waals surface area contributed by atoms with Crippen molar-refractivity contribution in [1.29, 1.82) is 0 Å². The summed E-state index contributed by atoms with van der Waals surface area (Å²) < 4.78 is 40.3. The van der Waals surface area contributed by atoms with Crippen LogP contribution >= 0.6 is 0 Å². The SMILES string of the molecule is CC1CCN(C(CN)c2ccc(OC(F)(F)F)cc2)CC1. The molecular formula is C15H21F3N2O. The van der Waals surface area contributed by atoms with Gasteiger partial charge in [-0.15, -0.1) is 13.2 Å². The Hall–Kier alpha value is -1.27. The lowest BCUT2D eigenvalue weighted by Gasteiger charge is -2.36. The average Bonchev–Trinajstić information content (AvgIpc) is 2.42. The predicted molar refractivity (Wildman–Crippen MR) is 74.9 cm³/mol. The van der Waals surface area contributed by atoms with Crippen molar-refractivity contribution in [3.8, 4) is 5.75 Å². The second-order valence-electron chi connectivity index (χ2n) is 5.59. The smallest absolute Gasteiger partial charge is 0.406 e. The van der Waals surface area contributed by atoms with Gasteiger partial charge in [-0.05, 0) is 49.5 Å². The fourth-order valence-electron chi connectivity index (χ4n) is 2.73. The molecule has 1 fully saturated rings. The van der Waals surface area contributed by atoms with E-state index in [1.165, 1.54) is 12.1 Å². The summed E-state index contributed by atoms with van der Waals surface area (Å²) in [6.07, 6.45) is -2.39. The summed E-state index contributed by atoms with van der Waals surface area (Å²) in [5.41, 5.74) is 6.79. The maximum Gasteiger partial charge on any atom is 0.573 e. The molecule has 1 heterocycles. The summed E-state index contributed by atoms with van der Waals surface area (Å²) in [6.45, 7) is 4.64. The number of benzene rings is 1. The Morgan fingerprint density at radius 3 is 2.29 bits per heavy atom. The third kappa shape index (κ3) is 4.61. The fourth-order valence-corrected chi connectivity index (χ4v) is 2.73. The van der Waals surface area contributed by atoms with Gasteiger partial charge in [0.2, 0.25) is 0 Å². The van der Waals surface area contributed by atoms with E-state index in [0.717, 1.165) is 37.4 Å². The molecule has 1 saturated heterocycles. The van der Waals surface area contributed by atoms with Crippen LogP contribution in [-0.4, -0.2) is 30.9 Å². The molecule has 0 aromatic heterocycles. The lowest BCUT2D eigenvalue weighted by atomic mass is 9.96. The summed E-state index contributed by atoms with van der Waals surface area (Å²) in [6, 6.07) is 6.07. The van der Waals surface area contributed by atoms with Gasteiger partial charge in [-0.1, -0.05) is 19.1 Å².